The van der Waals surface area contributed by atoms with Gasteiger partial charge < -0.3 is 15.8 Å². The molecule has 160 valence electrons. The van der Waals surface area contributed by atoms with Gasteiger partial charge in [0.25, 0.3) is 0 Å². The molecule has 0 fully saturated rings. The van der Waals surface area contributed by atoms with Gasteiger partial charge in [-0.15, -0.1) is 0 Å². The van der Waals surface area contributed by atoms with Crippen molar-refractivity contribution in [3.63, 3.8) is 0 Å². The summed E-state index contributed by atoms with van der Waals surface area (Å²) in [5, 5.41) is 19.1. The number of allylic oxidation sites excluding steroid dienone is 2. The van der Waals surface area contributed by atoms with E-state index in [9.17, 15) is 14.8 Å². The topological polar surface area (TPSA) is 90.8 Å². The zero-order valence-corrected chi connectivity index (χ0v) is 17.7. The van der Waals surface area contributed by atoms with Crippen LogP contribution in [0.3, 0.4) is 0 Å². The van der Waals surface area contributed by atoms with Gasteiger partial charge in [-0.2, -0.15) is 0 Å². The first-order chi connectivity index (χ1) is 15.6. The van der Waals surface area contributed by atoms with Gasteiger partial charge in [-0.1, -0.05) is 83.5 Å². The predicted octanol–water partition coefficient (Wildman–Crippen LogP) is 4.44. The summed E-state index contributed by atoms with van der Waals surface area (Å²) >= 11 is 6.20. The fraction of sp³-hybridized carbons (Fsp3) is 0.0800. The maximum atomic E-state index is 13.2. The Kier molecular flexibility index (Phi) is 6.33. The number of anilines is 1. The van der Waals surface area contributed by atoms with E-state index in [4.69, 9.17) is 11.6 Å². The third kappa shape index (κ3) is 4.55. The molecule has 0 radical (unpaired) electrons. The van der Waals surface area contributed by atoms with Crippen molar-refractivity contribution in [2.75, 3.05) is 5.32 Å². The van der Waals surface area contributed by atoms with Gasteiger partial charge in [0.15, 0.2) is 0 Å². The lowest BCUT2D eigenvalue weighted by Gasteiger charge is -2.24. The Bertz CT molecular complexity index is 1220. The Morgan fingerprint density at radius 3 is 2.31 bits per heavy atom. The van der Waals surface area contributed by atoms with Gasteiger partial charge in [0, 0.05) is 17.5 Å². The largest absolute Gasteiger partial charge is 0.410 e. The molecular weight excluding hydrogens is 426 g/mol. The molecule has 0 spiro atoms. The highest BCUT2D eigenvalue weighted by molar-refractivity contribution is 6.33. The van der Waals surface area contributed by atoms with Crippen molar-refractivity contribution >= 4 is 34.7 Å². The number of hydrogen-bond acceptors (Lipinski definition) is 5. The van der Waals surface area contributed by atoms with Crippen LogP contribution in [-0.4, -0.2) is 28.7 Å². The van der Waals surface area contributed by atoms with E-state index in [-0.39, 0.29) is 23.1 Å². The Hall–Kier alpha value is -3.90. The molecule has 0 bridgehead atoms. The van der Waals surface area contributed by atoms with Crippen molar-refractivity contribution in [2.45, 2.75) is 12.5 Å². The third-order valence-corrected chi connectivity index (χ3v) is 5.47. The van der Waals surface area contributed by atoms with Gasteiger partial charge in [0.1, 0.15) is 11.8 Å². The molecule has 1 atom stereocenters. The molecule has 1 aliphatic rings. The molecule has 32 heavy (non-hydrogen) atoms. The second-order valence-corrected chi connectivity index (χ2v) is 7.68. The maximum Gasteiger partial charge on any atom is 0.247 e. The zero-order valence-electron chi connectivity index (χ0n) is 17.0. The fourth-order valence-corrected chi connectivity index (χ4v) is 3.73. The summed E-state index contributed by atoms with van der Waals surface area (Å²) in [4.78, 5) is 26.3. The standard InChI is InChI=1S/C25H20ClN3O3/c26-19-12-6-7-13-20(19)28-25(31)23(14-16-8-2-1-3-9-16)27-22-15-21(29-32)17-10-4-5-11-18(17)24(22)30/h1-13,15,23,27,32H,14H2,(H,28,31). The minimum absolute atomic E-state index is 0.173. The van der Waals surface area contributed by atoms with Gasteiger partial charge in [-0.3, -0.25) is 9.59 Å². The fourth-order valence-electron chi connectivity index (χ4n) is 3.55. The number of amides is 1. The van der Waals surface area contributed by atoms with Crippen LogP contribution in [0.25, 0.3) is 0 Å². The highest BCUT2D eigenvalue weighted by Crippen LogP contribution is 2.23. The molecule has 1 unspecified atom stereocenters. The van der Waals surface area contributed by atoms with E-state index >= 15 is 0 Å². The Labute approximate surface area is 190 Å². The molecule has 0 saturated carbocycles. The second kappa shape index (κ2) is 9.49. The molecule has 1 aliphatic carbocycles. The van der Waals surface area contributed by atoms with Crippen LogP contribution in [-0.2, 0) is 11.2 Å². The highest BCUT2D eigenvalue weighted by Gasteiger charge is 2.28. The monoisotopic (exact) mass is 445 g/mol. The first-order valence-corrected chi connectivity index (χ1v) is 10.4. The Balaban J connectivity index is 1.64. The number of nitrogens with one attached hydrogen (secondary N) is 2. The van der Waals surface area contributed by atoms with E-state index in [2.05, 4.69) is 15.8 Å². The number of fused-ring (bicyclic) bond motifs is 1. The summed E-state index contributed by atoms with van der Waals surface area (Å²) in [6, 6.07) is 22.5. The van der Waals surface area contributed by atoms with Crippen molar-refractivity contribution < 1.29 is 14.8 Å². The lowest BCUT2D eigenvalue weighted by atomic mass is 9.91. The van der Waals surface area contributed by atoms with Crippen LogP contribution in [0.5, 0.6) is 0 Å². The van der Waals surface area contributed by atoms with E-state index < -0.39 is 6.04 Å². The number of ketones is 1. The average molecular weight is 446 g/mol. The van der Waals surface area contributed by atoms with Crippen LogP contribution >= 0.6 is 11.6 Å². The zero-order chi connectivity index (χ0) is 22.5. The van der Waals surface area contributed by atoms with Crippen LogP contribution < -0.4 is 10.6 Å². The molecule has 3 aromatic rings. The molecule has 0 saturated heterocycles. The lowest BCUT2D eigenvalue weighted by molar-refractivity contribution is -0.117. The number of carbonyl (C=O) groups excluding carboxylic acids is 2. The van der Waals surface area contributed by atoms with Gasteiger partial charge >= 0.3 is 0 Å². The van der Waals surface area contributed by atoms with E-state index in [0.717, 1.165) is 5.56 Å². The summed E-state index contributed by atoms with van der Waals surface area (Å²) in [7, 11) is 0. The number of Topliss-reactive ketones (excluding diaryl/α,β-unsaturated/α-hetero) is 1. The summed E-state index contributed by atoms with van der Waals surface area (Å²) in [6.07, 6.45) is 1.78. The van der Waals surface area contributed by atoms with Crippen molar-refractivity contribution in [1.82, 2.24) is 5.32 Å². The Morgan fingerprint density at radius 2 is 1.59 bits per heavy atom. The first-order valence-electron chi connectivity index (χ1n) is 10.0. The van der Waals surface area contributed by atoms with Gasteiger partial charge in [0.05, 0.1) is 16.4 Å². The number of rotatable bonds is 6. The summed E-state index contributed by atoms with van der Waals surface area (Å²) in [5.74, 6) is -0.631. The number of oxime groups is 1. The van der Waals surface area contributed by atoms with Crippen molar-refractivity contribution in [3.8, 4) is 0 Å². The maximum absolute atomic E-state index is 13.2. The molecule has 4 rings (SSSR count). The summed E-state index contributed by atoms with van der Waals surface area (Å²) in [6.45, 7) is 0. The molecule has 0 aromatic heterocycles. The van der Waals surface area contributed by atoms with E-state index in [1.807, 2.05) is 30.3 Å². The quantitative estimate of drug-likeness (QED) is 0.386. The van der Waals surface area contributed by atoms with Crippen LogP contribution in [0, 0.1) is 0 Å². The van der Waals surface area contributed by atoms with Crippen LogP contribution in [0.15, 0.2) is 95.8 Å². The number of halogens is 1. The minimum Gasteiger partial charge on any atom is -0.410 e. The first kappa shape index (κ1) is 21.3. The van der Waals surface area contributed by atoms with Crippen molar-refractivity contribution in [3.05, 3.63) is 112 Å². The number of hydrogen-bond donors (Lipinski definition) is 3. The van der Waals surface area contributed by atoms with Gasteiger partial charge in [-0.05, 0) is 23.8 Å². The van der Waals surface area contributed by atoms with Crippen molar-refractivity contribution in [1.29, 1.82) is 0 Å². The second-order valence-electron chi connectivity index (χ2n) is 7.27. The molecule has 7 heteroatoms. The summed E-state index contributed by atoms with van der Waals surface area (Å²) < 4.78 is 0. The molecule has 3 aromatic carbocycles. The smallest absolute Gasteiger partial charge is 0.247 e. The normalized spacial score (nSPS) is 15.0. The lowest BCUT2D eigenvalue weighted by Crippen LogP contribution is -2.44. The number of carbonyl (C=O) groups is 2. The Morgan fingerprint density at radius 1 is 0.938 bits per heavy atom. The van der Waals surface area contributed by atoms with E-state index in [1.54, 1.807) is 48.5 Å². The summed E-state index contributed by atoms with van der Waals surface area (Å²) in [5.41, 5.74) is 2.74. The SMILES string of the molecule is O=C1C(NC(Cc2ccccc2)C(=O)Nc2ccccc2Cl)=CC(=NO)c2ccccc21. The predicted molar refractivity (Wildman–Crippen MR) is 124 cm³/mol. The molecule has 1 amide bonds. The number of benzene rings is 3. The third-order valence-electron chi connectivity index (χ3n) is 5.14. The van der Waals surface area contributed by atoms with E-state index in [0.29, 0.717) is 28.3 Å². The number of para-hydroxylation sites is 1. The minimum atomic E-state index is -0.783. The van der Waals surface area contributed by atoms with E-state index in [1.165, 1.54) is 6.08 Å². The van der Waals surface area contributed by atoms with Crippen LogP contribution in [0.2, 0.25) is 5.02 Å². The molecular formula is C25H20ClN3O3. The molecule has 0 heterocycles. The van der Waals surface area contributed by atoms with Crippen molar-refractivity contribution in [2.24, 2.45) is 5.16 Å². The van der Waals surface area contributed by atoms with Crippen LogP contribution in [0.1, 0.15) is 21.5 Å². The molecule has 6 nitrogen and oxygen atoms in total. The van der Waals surface area contributed by atoms with Crippen LogP contribution in [0.4, 0.5) is 5.69 Å². The van der Waals surface area contributed by atoms with Gasteiger partial charge in [0.2, 0.25) is 11.7 Å². The molecule has 0 aliphatic heterocycles. The van der Waals surface area contributed by atoms with Gasteiger partial charge in [-0.25, -0.2) is 0 Å². The average Bonchev–Trinajstić information content (AvgIpc) is 2.82. The number of nitrogens with zero attached hydrogens (tertiary/aromatic N) is 1. The highest BCUT2D eigenvalue weighted by atomic mass is 35.5. The molecule has 3 N–H and O–H groups in total.